The highest BCUT2D eigenvalue weighted by Gasteiger charge is 2.15. The zero-order valence-corrected chi connectivity index (χ0v) is 15.5. The van der Waals surface area contributed by atoms with Crippen LogP contribution in [0.1, 0.15) is 5.56 Å². The molecule has 0 saturated heterocycles. The third kappa shape index (κ3) is 4.40. The summed E-state index contributed by atoms with van der Waals surface area (Å²) < 4.78 is 5.72. The molecule has 0 aliphatic carbocycles. The van der Waals surface area contributed by atoms with Crippen molar-refractivity contribution in [3.05, 3.63) is 57.0 Å². The first kappa shape index (κ1) is 16.7. The Morgan fingerprint density at radius 1 is 0.905 bits per heavy atom. The summed E-state index contributed by atoms with van der Waals surface area (Å²) in [6, 6.07) is 11.8. The minimum absolute atomic E-state index is 0.422. The number of halogens is 3. The fourth-order valence-corrected chi connectivity index (χ4v) is 4.02. The van der Waals surface area contributed by atoms with Crippen molar-refractivity contribution in [1.29, 1.82) is 0 Å². The van der Waals surface area contributed by atoms with Gasteiger partial charge in [-0.1, -0.05) is 83.9 Å². The third-order valence-corrected chi connectivity index (χ3v) is 6.01. The predicted molar refractivity (Wildman–Crippen MR) is 95.2 cm³/mol. The smallest absolute Gasteiger partial charge is 0.157 e. The second-order valence-electron chi connectivity index (χ2n) is 5.93. The first-order valence-electron chi connectivity index (χ1n) is 6.64. The van der Waals surface area contributed by atoms with Crippen molar-refractivity contribution in [2.24, 2.45) is 0 Å². The van der Waals surface area contributed by atoms with Crippen LogP contribution in [0.5, 0.6) is 5.75 Å². The summed E-state index contributed by atoms with van der Waals surface area (Å²) in [5, 5.41) is 2.77. The van der Waals surface area contributed by atoms with Crippen LogP contribution < -0.4 is 9.92 Å². The van der Waals surface area contributed by atoms with E-state index < -0.39 is 8.07 Å². The first-order valence-corrected chi connectivity index (χ1v) is 11.3. The highest BCUT2D eigenvalue weighted by molar-refractivity contribution is 6.88. The topological polar surface area (TPSA) is 9.23 Å². The fraction of sp³-hybridized carbons (Fsp3) is 0.250. The quantitative estimate of drug-likeness (QED) is 0.629. The molecule has 0 aliphatic rings. The molecular formula is C16H17Cl3OSi. The normalized spacial score (nSPS) is 11.5. The van der Waals surface area contributed by atoms with Crippen molar-refractivity contribution in [1.82, 2.24) is 0 Å². The Bertz CT molecular complexity index is 610. The van der Waals surface area contributed by atoms with E-state index in [0.717, 1.165) is 5.56 Å². The van der Waals surface area contributed by atoms with Gasteiger partial charge in [-0.05, 0) is 17.7 Å². The lowest BCUT2D eigenvalue weighted by atomic mass is 10.2. The lowest BCUT2D eigenvalue weighted by molar-refractivity contribution is 0.306. The molecule has 0 aromatic heterocycles. The van der Waals surface area contributed by atoms with E-state index in [1.54, 1.807) is 12.1 Å². The zero-order chi connectivity index (χ0) is 15.6. The predicted octanol–water partition coefficient (Wildman–Crippen LogP) is 5.77. The van der Waals surface area contributed by atoms with Crippen LogP contribution in [0.25, 0.3) is 0 Å². The van der Waals surface area contributed by atoms with E-state index in [2.05, 4.69) is 43.9 Å². The number of rotatable bonds is 4. The summed E-state index contributed by atoms with van der Waals surface area (Å²) in [5.41, 5.74) is 1.08. The maximum absolute atomic E-state index is 6.10. The van der Waals surface area contributed by atoms with Crippen LogP contribution in [0.15, 0.2) is 36.4 Å². The molecule has 0 unspecified atom stereocenters. The van der Waals surface area contributed by atoms with Crippen LogP contribution in [-0.4, -0.2) is 8.07 Å². The SMILES string of the molecule is C[Si](C)(C)c1ccc(COc2c(Cl)cc(Cl)cc2Cl)cc1. The molecule has 2 aromatic carbocycles. The molecular weight excluding hydrogens is 343 g/mol. The largest absolute Gasteiger partial charge is 0.486 e. The van der Waals surface area contributed by atoms with Gasteiger partial charge in [0, 0.05) is 5.02 Å². The van der Waals surface area contributed by atoms with Gasteiger partial charge in [-0.25, -0.2) is 0 Å². The number of benzene rings is 2. The van der Waals surface area contributed by atoms with Gasteiger partial charge in [-0.15, -0.1) is 0 Å². The summed E-state index contributed by atoms with van der Waals surface area (Å²) >= 11 is 18.1. The molecule has 1 nitrogen and oxygen atoms in total. The van der Waals surface area contributed by atoms with Gasteiger partial charge in [-0.3, -0.25) is 0 Å². The van der Waals surface area contributed by atoms with Gasteiger partial charge in [0.25, 0.3) is 0 Å². The molecule has 0 bridgehead atoms. The zero-order valence-electron chi connectivity index (χ0n) is 12.2. The standard InChI is InChI=1S/C16H17Cl3OSi/c1-21(2,3)13-6-4-11(5-7-13)10-20-16-14(18)8-12(17)9-15(16)19/h4-9H,10H2,1-3H3. The van der Waals surface area contributed by atoms with Gasteiger partial charge in [0.2, 0.25) is 0 Å². The highest BCUT2D eigenvalue weighted by Crippen LogP contribution is 2.36. The molecule has 112 valence electrons. The Balaban J connectivity index is 2.10. The summed E-state index contributed by atoms with van der Waals surface area (Å²) in [7, 11) is -1.27. The van der Waals surface area contributed by atoms with E-state index in [1.807, 2.05) is 0 Å². The Morgan fingerprint density at radius 3 is 1.90 bits per heavy atom. The minimum atomic E-state index is -1.27. The number of hydrogen-bond acceptors (Lipinski definition) is 1. The summed E-state index contributed by atoms with van der Waals surface area (Å²) in [6.45, 7) is 7.40. The van der Waals surface area contributed by atoms with Gasteiger partial charge in [0.15, 0.2) is 5.75 Å². The molecule has 0 N–H and O–H groups in total. The molecule has 2 aromatic rings. The molecule has 0 radical (unpaired) electrons. The van der Waals surface area contributed by atoms with Crippen molar-refractivity contribution in [3.63, 3.8) is 0 Å². The molecule has 0 amide bonds. The van der Waals surface area contributed by atoms with Crippen molar-refractivity contribution < 1.29 is 4.74 Å². The summed E-state index contributed by atoms with van der Waals surface area (Å²) in [6.07, 6.45) is 0. The average Bonchev–Trinajstić information content (AvgIpc) is 2.37. The number of hydrogen-bond donors (Lipinski definition) is 0. The minimum Gasteiger partial charge on any atom is -0.486 e. The summed E-state index contributed by atoms with van der Waals surface area (Å²) in [5.74, 6) is 0.469. The maximum Gasteiger partial charge on any atom is 0.157 e. The van der Waals surface area contributed by atoms with Crippen LogP contribution >= 0.6 is 34.8 Å². The van der Waals surface area contributed by atoms with E-state index in [4.69, 9.17) is 39.5 Å². The van der Waals surface area contributed by atoms with E-state index in [0.29, 0.717) is 27.4 Å². The number of ether oxygens (including phenoxy) is 1. The lowest BCUT2D eigenvalue weighted by Crippen LogP contribution is -2.37. The second-order valence-corrected chi connectivity index (χ2v) is 12.3. The van der Waals surface area contributed by atoms with Crippen LogP contribution in [0, 0.1) is 0 Å². The Morgan fingerprint density at radius 2 is 1.43 bits per heavy atom. The van der Waals surface area contributed by atoms with Gasteiger partial charge in [0.05, 0.1) is 18.1 Å². The molecule has 0 atom stereocenters. The van der Waals surface area contributed by atoms with Gasteiger partial charge >= 0.3 is 0 Å². The van der Waals surface area contributed by atoms with Crippen molar-refractivity contribution >= 4 is 48.1 Å². The highest BCUT2D eigenvalue weighted by atomic mass is 35.5. The molecule has 0 saturated carbocycles. The monoisotopic (exact) mass is 358 g/mol. The lowest BCUT2D eigenvalue weighted by Gasteiger charge is -2.17. The van der Waals surface area contributed by atoms with Crippen LogP contribution in [-0.2, 0) is 6.61 Å². The molecule has 0 fully saturated rings. The molecule has 21 heavy (non-hydrogen) atoms. The summed E-state index contributed by atoms with van der Waals surface area (Å²) in [4.78, 5) is 0. The van der Waals surface area contributed by atoms with E-state index in [-0.39, 0.29) is 0 Å². The van der Waals surface area contributed by atoms with Crippen LogP contribution in [0.4, 0.5) is 0 Å². The van der Waals surface area contributed by atoms with E-state index in [1.165, 1.54) is 5.19 Å². The average molecular weight is 360 g/mol. The maximum atomic E-state index is 6.10. The third-order valence-electron chi connectivity index (χ3n) is 3.17. The Hall–Kier alpha value is -0.673. The molecule has 0 spiro atoms. The fourth-order valence-electron chi connectivity index (χ4n) is 1.92. The van der Waals surface area contributed by atoms with E-state index >= 15 is 0 Å². The Kier molecular flexibility index (Phi) is 5.26. The van der Waals surface area contributed by atoms with Crippen LogP contribution in [0.3, 0.4) is 0 Å². The second kappa shape index (κ2) is 6.61. The van der Waals surface area contributed by atoms with Crippen molar-refractivity contribution in [2.75, 3.05) is 0 Å². The molecule has 0 heterocycles. The molecule has 2 rings (SSSR count). The van der Waals surface area contributed by atoms with Crippen molar-refractivity contribution in [3.8, 4) is 5.75 Å². The van der Waals surface area contributed by atoms with E-state index in [9.17, 15) is 0 Å². The Labute approximate surface area is 141 Å². The van der Waals surface area contributed by atoms with Crippen molar-refractivity contribution in [2.45, 2.75) is 26.2 Å². The first-order chi connectivity index (χ1) is 9.77. The molecule has 0 aliphatic heterocycles. The van der Waals surface area contributed by atoms with Crippen LogP contribution in [0.2, 0.25) is 34.7 Å². The molecule has 5 heteroatoms. The van der Waals surface area contributed by atoms with Gasteiger partial charge in [0.1, 0.15) is 6.61 Å². The van der Waals surface area contributed by atoms with Gasteiger partial charge < -0.3 is 4.74 Å². The van der Waals surface area contributed by atoms with Gasteiger partial charge in [-0.2, -0.15) is 0 Å².